The van der Waals surface area contributed by atoms with Crippen molar-refractivity contribution in [2.45, 2.75) is 32.4 Å². The molecule has 0 bridgehead atoms. The molecule has 2 heterocycles. The maximum atomic E-state index is 14.3. The van der Waals surface area contributed by atoms with Gasteiger partial charge in [-0.1, -0.05) is 0 Å². The number of hydrogen-bond acceptors (Lipinski definition) is 7. The average Bonchev–Trinajstić information content (AvgIpc) is 2.62. The number of aromatic nitrogens is 2. The van der Waals surface area contributed by atoms with E-state index in [0.717, 1.165) is 6.33 Å². The Bertz CT molecular complexity index is 890. The van der Waals surface area contributed by atoms with Crippen molar-refractivity contribution in [1.29, 1.82) is 0 Å². The van der Waals surface area contributed by atoms with Gasteiger partial charge in [-0.2, -0.15) is 0 Å². The molecule has 1 saturated heterocycles. The summed E-state index contributed by atoms with van der Waals surface area (Å²) in [5.74, 6) is -0.720. The second-order valence-corrected chi connectivity index (χ2v) is 8.33. The van der Waals surface area contributed by atoms with Gasteiger partial charge in [-0.15, -0.1) is 0 Å². The molecule has 1 atom stereocenters. The number of benzene rings is 1. The molecule has 0 aliphatic carbocycles. The standard InChI is InChI=1S/C18H22BrFN4O4/c1-18(2,3)28-17(26)24-5-4-21-10(7-24)8-27-12-6-11(19)14(20)15-13(12)16(25)23-9-22-15/h6,9-10,21H,4-5,7-8H2,1-3H3,(H,22,23,25)/t10-/m0/s1. The third kappa shape index (κ3) is 4.61. The van der Waals surface area contributed by atoms with Gasteiger partial charge in [-0.05, 0) is 42.8 Å². The second kappa shape index (κ2) is 8.04. The van der Waals surface area contributed by atoms with Gasteiger partial charge in [0.2, 0.25) is 5.88 Å². The SMILES string of the molecule is CC(C)(C)OC(=O)N1CCN[C@H](COc2cc(Br)c(F)c3ncnc(O)c23)C1. The number of carbonyl (C=O) groups is 1. The van der Waals surface area contributed by atoms with Crippen LogP contribution >= 0.6 is 15.9 Å². The van der Waals surface area contributed by atoms with Crippen LogP contribution in [0.5, 0.6) is 11.6 Å². The molecule has 1 aromatic heterocycles. The number of piperazine rings is 1. The summed E-state index contributed by atoms with van der Waals surface area (Å²) in [6, 6.07) is 1.27. The van der Waals surface area contributed by atoms with Crippen molar-refractivity contribution in [3.63, 3.8) is 0 Å². The molecule has 8 nitrogen and oxygen atoms in total. The molecule has 0 unspecified atom stereocenters. The zero-order valence-corrected chi connectivity index (χ0v) is 17.4. The highest BCUT2D eigenvalue weighted by Crippen LogP contribution is 2.36. The Morgan fingerprint density at radius 2 is 2.21 bits per heavy atom. The number of nitrogens with zero attached hydrogens (tertiary/aromatic N) is 3. The maximum absolute atomic E-state index is 14.3. The molecule has 2 aromatic rings. The van der Waals surface area contributed by atoms with Gasteiger partial charge in [0.25, 0.3) is 0 Å². The van der Waals surface area contributed by atoms with Gasteiger partial charge in [0.05, 0.1) is 10.5 Å². The van der Waals surface area contributed by atoms with E-state index in [9.17, 15) is 14.3 Å². The predicted octanol–water partition coefficient (Wildman–Crippen LogP) is 2.82. The van der Waals surface area contributed by atoms with Crippen LogP contribution in [0, 0.1) is 5.82 Å². The number of nitrogens with one attached hydrogen (secondary N) is 1. The van der Waals surface area contributed by atoms with Gasteiger partial charge in [-0.25, -0.2) is 19.2 Å². The summed E-state index contributed by atoms with van der Waals surface area (Å²) >= 11 is 3.13. The zero-order valence-electron chi connectivity index (χ0n) is 15.8. The van der Waals surface area contributed by atoms with Gasteiger partial charge >= 0.3 is 6.09 Å². The normalized spacial score (nSPS) is 17.6. The maximum Gasteiger partial charge on any atom is 0.410 e. The fraction of sp³-hybridized carbons (Fsp3) is 0.500. The summed E-state index contributed by atoms with van der Waals surface area (Å²) in [6.45, 7) is 7.18. The van der Waals surface area contributed by atoms with Gasteiger partial charge < -0.3 is 24.8 Å². The van der Waals surface area contributed by atoms with Crippen LogP contribution in [0.15, 0.2) is 16.9 Å². The molecule has 1 fully saturated rings. The topological polar surface area (TPSA) is 96.8 Å². The van der Waals surface area contributed by atoms with Crippen molar-refractivity contribution in [3.05, 3.63) is 22.7 Å². The highest BCUT2D eigenvalue weighted by atomic mass is 79.9. The van der Waals surface area contributed by atoms with Crippen LogP contribution < -0.4 is 10.1 Å². The molecular formula is C18H22BrFN4O4. The van der Waals surface area contributed by atoms with E-state index in [2.05, 4.69) is 31.2 Å². The van der Waals surface area contributed by atoms with Crippen LogP contribution in [-0.2, 0) is 4.74 Å². The Morgan fingerprint density at radius 3 is 2.93 bits per heavy atom. The Kier molecular flexibility index (Phi) is 5.90. The summed E-state index contributed by atoms with van der Waals surface area (Å²) in [6.07, 6.45) is 0.707. The van der Waals surface area contributed by atoms with Crippen molar-refractivity contribution in [3.8, 4) is 11.6 Å². The van der Waals surface area contributed by atoms with E-state index < -0.39 is 11.4 Å². The summed E-state index contributed by atoms with van der Waals surface area (Å²) in [5.41, 5.74) is -0.603. The smallest absolute Gasteiger partial charge is 0.410 e. The highest BCUT2D eigenvalue weighted by Gasteiger charge is 2.28. The number of amides is 1. The lowest BCUT2D eigenvalue weighted by Gasteiger charge is -2.34. The van der Waals surface area contributed by atoms with E-state index in [-0.39, 0.29) is 45.7 Å². The second-order valence-electron chi connectivity index (χ2n) is 7.48. The zero-order chi connectivity index (χ0) is 20.5. The van der Waals surface area contributed by atoms with Crippen LogP contribution in [0.3, 0.4) is 0 Å². The minimum atomic E-state index is -0.605. The van der Waals surface area contributed by atoms with E-state index in [1.807, 2.05) is 20.8 Å². The number of ether oxygens (including phenoxy) is 2. The number of rotatable bonds is 3. The van der Waals surface area contributed by atoms with Gasteiger partial charge in [0.15, 0.2) is 5.82 Å². The van der Waals surface area contributed by atoms with E-state index in [1.165, 1.54) is 6.07 Å². The van der Waals surface area contributed by atoms with E-state index >= 15 is 0 Å². The summed E-state index contributed by atoms with van der Waals surface area (Å²) < 4.78 is 25.7. The van der Waals surface area contributed by atoms with Crippen molar-refractivity contribution in [2.24, 2.45) is 0 Å². The van der Waals surface area contributed by atoms with Crippen molar-refractivity contribution in [1.82, 2.24) is 20.2 Å². The van der Waals surface area contributed by atoms with E-state index in [1.54, 1.807) is 4.90 Å². The number of halogens is 2. The quantitative estimate of drug-likeness (QED) is 0.732. The number of hydrogen-bond donors (Lipinski definition) is 2. The molecule has 1 amide bonds. The summed E-state index contributed by atoms with van der Waals surface area (Å²) in [7, 11) is 0. The van der Waals surface area contributed by atoms with Crippen LogP contribution in [-0.4, -0.2) is 64.0 Å². The molecule has 0 radical (unpaired) electrons. The van der Waals surface area contributed by atoms with Gasteiger partial charge in [-0.3, -0.25) is 0 Å². The molecule has 152 valence electrons. The number of aromatic hydroxyl groups is 1. The molecule has 10 heteroatoms. The number of carbonyl (C=O) groups excluding carboxylic acids is 1. The first-order chi connectivity index (χ1) is 13.2. The minimum Gasteiger partial charge on any atom is -0.493 e. The first-order valence-electron chi connectivity index (χ1n) is 8.81. The van der Waals surface area contributed by atoms with Crippen LogP contribution in [0.2, 0.25) is 0 Å². The molecule has 0 saturated carbocycles. The molecule has 1 aromatic carbocycles. The van der Waals surface area contributed by atoms with Crippen molar-refractivity contribution in [2.75, 3.05) is 26.2 Å². The Labute approximate surface area is 170 Å². The first-order valence-corrected chi connectivity index (χ1v) is 9.61. The summed E-state index contributed by atoms with van der Waals surface area (Å²) in [5, 5.41) is 13.4. The van der Waals surface area contributed by atoms with Crippen molar-refractivity contribution >= 4 is 32.9 Å². The van der Waals surface area contributed by atoms with Crippen molar-refractivity contribution < 1.29 is 23.8 Å². The Balaban J connectivity index is 1.72. The molecule has 28 heavy (non-hydrogen) atoms. The van der Waals surface area contributed by atoms with E-state index in [4.69, 9.17) is 9.47 Å². The third-order valence-corrected chi connectivity index (χ3v) is 4.67. The Hall–Kier alpha value is -2.20. The lowest BCUT2D eigenvalue weighted by molar-refractivity contribution is 0.0178. The largest absolute Gasteiger partial charge is 0.493 e. The molecule has 1 aliphatic heterocycles. The van der Waals surface area contributed by atoms with Gasteiger partial charge in [0.1, 0.15) is 35.2 Å². The summed E-state index contributed by atoms with van der Waals surface area (Å²) in [4.78, 5) is 21.5. The molecule has 3 rings (SSSR count). The third-order valence-electron chi connectivity index (χ3n) is 4.10. The molecule has 2 N–H and O–H groups in total. The van der Waals surface area contributed by atoms with E-state index in [0.29, 0.717) is 19.6 Å². The fourth-order valence-electron chi connectivity index (χ4n) is 2.87. The first kappa shape index (κ1) is 20.5. The Morgan fingerprint density at radius 1 is 1.46 bits per heavy atom. The average molecular weight is 457 g/mol. The minimum absolute atomic E-state index is 0.0381. The molecular weight excluding hydrogens is 435 g/mol. The molecule has 1 aliphatic rings. The predicted molar refractivity (Wildman–Crippen MR) is 104 cm³/mol. The number of fused-ring (bicyclic) bond motifs is 1. The fourth-order valence-corrected chi connectivity index (χ4v) is 3.26. The van der Waals surface area contributed by atoms with Crippen LogP contribution in [0.1, 0.15) is 20.8 Å². The lowest BCUT2D eigenvalue weighted by atomic mass is 10.2. The highest BCUT2D eigenvalue weighted by molar-refractivity contribution is 9.10. The molecule has 0 spiro atoms. The monoisotopic (exact) mass is 456 g/mol. The van der Waals surface area contributed by atoms with Crippen LogP contribution in [0.25, 0.3) is 10.9 Å². The lowest BCUT2D eigenvalue weighted by Crippen LogP contribution is -2.55. The van der Waals surface area contributed by atoms with Gasteiger partial charge in [0, 0.05) is 19.6 Å². The van der Waals surface area contributed by atoms with Crippen LogP contribution in [0.4, 0.5) is 9.18 Å².